The Morgan fingerprint density at radius 3 is 2.96 bits per heavy atom. The van der Waals surface area contributed by atoms with Crippen molar-refractivity contribution >= 4 is 23.3 Å². The maximum atomic E-state index is 12.7. The zero-order valence-electron chi connectivity index (χ0n) is 15.0. The number of ether oxygens (including phenoxy) is 2. The highest BCUT2D eigenvalue weighted by Crippen LogP contribution is 2.24. The molecule has 1 aliphatic heterocycles. The maximum absolute atomic E-state index is 12.7. The zero-order chi connectivity index (χ0) is 19.7. The summed E-state index contributed by atoms with van der Waals surface area (Å²) in [4.78, 5) is 40.2. The van der Waals surface area contributed by atoms with Gasteiger partial charge in [0.05, 0.1) is 13.3 Å². The molecule has 0 bridgehead atoms. The Kier molecular flexibility index (Phi) is 4.48. The van der Waals surface area contributed by atoms with Gasteiger partial charge in [-0.25, -0.2) is 14.3 Å². The van der Waals surface area contributed by atoms with E-state index in [0.29, 0.717) is 17.8 Å². The van der Waals surface area contributed by atoms with Crippen LogP contribution in [0.15, 0.2) is 36.5 Å². The van der Waals surface area contributed by atoms with Crippen LogP contribution in [0.3, 0.4) is 0 Å². The number of Topliss-reactive ketones (excluding diaryl/α,β-unsaturated/α-hetero) is 1. The van der Waals surface area contributed by atoms with Crippen LogP contribution in [0.25, 0.3) is 5.65 Å². The van der Waals surface area contributed by atoms with Gasteiger partial charge in [-0.15, -0.1) is 0 Å². The number of benzene rings is 1. The van der Waals surface area contributed by atoms with E-state index in [4.69, 9.17) is 4.74 Å². The van der Waals surface area contributed by atoms with Gasteiger partial charge in [0.15, 0.2) is 17.1 Å². The van der Waals surface area contributed by atoms with Gasteiger partial charge < -0.3 is 14.8 Å². The number of carbonyl (C=O) groups is 3. The number of methoxy groups -OCH3 is 1. The van der Waals surface area contributed by atoms with E-state index >= 15 is 0 Å². The monoisotopic (exact) mass is 380 g/mol. The minimum absolute atomic E-state index is 0.0156. The Morgan fingerprint density at radius 1 is 1.29 bits per heavy atom. The molecule has 0 unspecified atom stereocenters. The number of hydrogen-bond donors (Lipinski definition) is 1. The van der Waals surface area contributed by atoms with E-state index in [9.17, 15) is 14.4 Å². The number of nitrogens with one attached hydrogen (secondary N) is 1. The van der Waals surface area contributed by atoms with Gasteiger partial charge in [0.1, 0.15) is 18.1 Å². The first-order chi connectivity index (χ1) is 13.5. The highest BCUT2D eigenvalue weighted by atomic mass is 16.5. The van der Waals surface area contributed by atoms with E-state index in [1.165, 1.54) is 23.9 Å². The first-order valence-corrected chi connectivity index (χ1v) is 8.53. The number of carbonyl (C=O) groups excluding carboxylic acids is 3. The average Bonchev–Trinajstić information content (AvgIpc) is 3.19. The summed E-state index contributed by atoms with van der Waals surface area (Å²) < 4.78 is 11.4. The molecule has 4 rings (SSSR count). The van der Waals surface area contributed by atoms with E-state index in [1.54, 1.807) is 12.1 Å². The Hall–Kier alpha value is -3.75. The molecule has 2 aromatic heterocycles. The lowest BCUT2D eigenvalue weighted by Gasteiger charge is -2.17. The van der Waals surface area contributed by atoms with Crippen LogP contribution < -0.4 is 10.1 Å². The number of esters is 1. The molecule has 0 atom stereocenters. The van der Waals surface area contributed by atoms with Gasteiger partial charge in [0, 0.05) is 30.7 Å². The highest BCUT2D eigenvalue weighted by Gasteiger charge is 2.19. The third-order valence-electron chi connectivity index (χ3n) is 4.34. The predicted molar refractivity (Wildman–Crippen MR) is 96.1 cm³/mol. The number of hydrogen-bond acceptors (Lipinski definition) is 7. The molecule has 0 saturated heterocycles. The number of rotatable bonds is 4. The van der Waals surface area contributed by atoms with Crippen LogP contribution in [0.2, 0.25) is 0 Å². The van der Waals surface area contributed by atoms with Crippen molar-refractivity contribution < 1.29 is 23.9 Å². The van der Waals surface area contributed by atoms with Crippen LogP contribution in [-0.4, -0.2) is 46.0 Å². The van der Waals surface area contributed by atoms with Crippen molar-refractivity contribution in [1.29, 1.82) is 0 Å². The third-order valence-corrected chi connectivity index (χ3v) is 4.34. The van der Waals surface area contributed by atoms with E-state index in [1.807, 2.05) is 12.1 Å². The molecule has 0 radical (unpaired) electrons. The normalized spacial score (nSPS) is 13.0. The van der Waals surface area contributed by atoms with Gasteiger partial charge in [0.2, 0.25) is 0 Å². The highest BCUT2D eigenvalue weighted by molar-refractivity contribution is 5.96. The Balaban J connectivity index is 1.56. The lowest BCUT2D eigenvalue weighted by Crippen LogP contribution is -2.26. The summed E-state index contributed by atoms with van der Waals surface area (Å²) in [7, 11) is 1.24. The molecule has 0 aliphatic carbocycles. The minimum atomic E-state index is -0.642. The minimum Gasteiger partial charge on any atom is -0.486 e. The largest absolute Gasteiger partial charge is 0.486 e. The molecular weight excluding hydrogens is 364 g/mol. The van der Waals surface area contributed by atoms with Gasteiger partial charge in [-0.1, -0.05) is 6.07 Å². The Labute approximate surface area is 159 Å². The van der Waals surface area contributed by atoms with Gasteiger partial charge in [-0.3, -0.25) is 9.59 Å². The zero-order valence-corrected chi connectivity index (χ0v) is 15.0. The van der Waals surface area contributed by atoms with E-state index < -0.39 is 11.9 Å². The molecule has 1 N–H and O–H groups in total. The molecule has 1 aliphatic rings. The molecule has 142 valence electrons. The first kappa shape index (κ1) is 17.7. The summed E-state index contributed by atoms with van der Waals surface area (Å²) in [5.41, 5.74) is 2.16. The molecule has 9 heteroatoms. The molecule has 1 aromatic carbocycles. The summed E-state index contributed by atoms with van der Waals surface area (Å²) in [6.45, 7) is 0.326. The molecule has 1 amide bonds. The second-order valence-corrected chi connectivity index (χ2v) is 6.25. The maximum Gasteiger partial charge on any atom is 0.356 e. The van der Waals surface area contributed by atoms with Crippen molar-refractivity contribution in [3.63, 3.8) is 0 Å². The lowest BCUT2D eigenvalue weighted by atomic mass is 10.0. The average molecular weight is 380 g/mol. The van der Waals surface area contributed by atoms with Crippen molar-refractivity contribution in [3.05, 3.63) is 59.0 Å². The van der Waals surface area contributed by atoms with Crippen LogP contribution in [0, 0.1) is 0 Å². The summed E-state index contributed by atoms with van der Waals surface area (Å²) in [5, 5.41) is 6.87. The molecule has 3 heterocycles. The van der Waals surface area contributed by atoms with Gasteiger partial charge >= 0.3 is 5.97 Å². The van der Waals surface area contributed by atoms with Gasteiger partial charge in [0.25, 0.3) is 5.91 Å². The van der Waals surface area contributed by atoms with Crippen LogP contribution in [0.1, 0.15) is 32.1 Å². The molecule has 0 fully saturated rings. The SMILES string of the molecule is COC(=O)c1cc(C(=O)NCc2ccc3c(c2)CC(=O)CO3)n2nccc2n1. The number of nitrogens with zero attached hydrogens (tertiary/aromatic N) is 3. The van der Waals surface area contributed by atoms with Crippen molar-refractivity contribution in [2.24, 2.45) is 0 Å². The first-order valence-electron chi connectivity index (χ1n) is 8.53. The van der Waals surface area contributed by atoms with Gasteiger partial charge in [-0.05, 0) is 17.7 Å². The Bertz CT molecular complexity index is 1100. The fourth-order valence-electron chi connectivity index (χ4n) is 3.00. The topological polar surface area (TPSA) is 112 Å². The molecular formula is C19H16N4O5. The fraction of sp³-hybridized carbons (Fsp3) is 0.211. The van der Waals surface area contributed by atoms with Gasteiger partial charge in [-0.2, -0.15) is 5.10 Å². The van der Waals surface area contributed by atoms with Crippen LogP contribution in [0.5, 0.6) is 5.75 Å². The fourth-order valence-corrected chi connectivity index (χ4v) is 3.00. The van der Waals surface area contributed by atoms with Crippen LogP contribution >= 0.6 is 0 Å². The Morgan fingerprint density at radius 2 is 2.14 bits per heavy atom. The number of aromatic nitrogens is 3. The second-order valence-electron chi connectivity index (χ2n) is 6.25. The quantitative estimate of drug-likeness (QED) is 0.671. The lowest BCUT2D eigenvalue weighted by molar-refractivity contribution is -0.121. The number of fused-ring (bicyclic) bond motifs is 2. The van der Waals surface area contributed by atoms with E-state index in [-0.39, 0.29) is 30.3 Å². The molecule has 3 aromatic rings. The molecule has 0 saturated carbocycles. The summed E-state index contributed by atoms with van der Waals surface area (Å²) in [6.07, 6.45) is 1.80. The molecule has 0 spiro atoms. The van der Waals surface area contributed by atoms with Crippen molar-refractivity contribution in [2.45, 2.75) is 13.0 Å². The molecule has 9 nitrogen and oxygen atoms in total. The summed E-state index contributed by atoms with van der Waals surface area (Å²) in [6, 6.07) is 8.37. The molecule has 28 heavy (non-hydrogen) atoms. The third kappa shape index (κ3) is 3.29. The van der Waals surface area contributed by atoms with Crippen molar-refractivity contribution in [1.82, 2.24) is 19.9 Å². The summed E-state index contributed by atoms with van der Waals surface area (Å²) in [5.74, 6) is -0.366. The van der Waals surface area contributed by atoms with E-state index in [2.05, 4.69) is 20.1 Å². The standard InChI is InChI=1S/C19H16N4O5/c1-27-19(26)14-8-15(23-17(22-14)4-5-21-23)18(25)20-9-11-2-3-16-12(6-11)7-13(24)10-28-16/h2-6,8H,7,9-10H2,1H3,(H,20,25). The number of ketones is 1. The predicted octanol–water partition coefficient (Wildman–Crippen LogP) is 0.950. The second kappa shape index (κ2) is 7.10. The summed E-state index contributed by atoms with van der Waals surface area (Å²) >= 11 is 0. The van der Waals surface area contributed by atoms with Crippen LogP contribution in [0.4, 0.5) is 0 Å². The smallest absolute Gasteiger partial charge is 0.356 e. The number of amides is 1. The van der Waals surface area contributed by atoms with Crippen molar-refractivity contribution in [3.8, 4) is 5.75 Å². The van der Waals surface area contributed by atoms with Crippen molar-refractivity contribution in [2.75, 3.05) is 13.7 Å². The van der Waals surface area contributed by atoms with Crippen LogP contribution in [-0.2, 0) is 22.5 Å². The van der Waals surface area contributed by atoms with E-state index in [0.717, 1.165) is 11.1 Å².